The van der Waals surface area contributed by atoms with Gasteiger partial charge in [-0.25, -0.2) is 0 Å². The van der Waals surface area contributed by atoms with Crippen LogP contribution in [0.5, 0.6) is 0 Å². The van der Waals surface area contributed by atoms with Crippen LogP contribution in [0.3, 0.4) is 0 Å². The molecule has 3 rings (SSSR count). The molecule has 0 atom stereocenters. The van der Waals surface area contributed by atoms with E-state index in [9.17, 15) is 9.59 Å². The third-order valence-electron chi connectivity index (χ3n) is 2.85. The second-order valence-corrected chi connectivity index (χ2v) is 6.68. The predicted octanol–water partition coefficient (Wildman–Crippen LogP) is 2.15. The van der Waals surface area contributed by atoms with Crippen LogP contribution in [-0.2, 0) is 7.05 Å². The minimum absolute atomic E-state index is 0.182. The van der Waals surface area contributed by atoms with Gasteiger partial charge in [-0.3, -0.25) is 19.6 Å². The molecule has 23 heavy (non-hydrogen) atoms. The molecule has 118 valence electrons. The number of nitrogens with zero attached hydrogens (tertiary/aromatic N) is 4. The van der Waals surface area contributed by atoms with Crippen molar-refractivity contribution < 1.29 is 9.59 Å². The number of amides is 2. The quantitative estimate of drug-likeness (QED) is 0.752. The molecule has 0 fully saturated rings. The Morgan fingerprint density at radius 2 is 2.04 bits per heavy atom. The maximum Gasteiger partial charge on any atom is 0.278 e. The van der Waals surface area contributed by atoms with Gasteiger partial charge in [0.1, 0.15) is 10.8 Å². The molecule has 3 aromatic heterocycles. The van der Waals surface area contributed by atoms with Gasteiger partial charge >= 0.3 is 0 Å². The molecule has 2 N–H and O–H groups in total. The highest BCUT2D eigenvalue weighted by atomic mass is 32.1. The number of anilines is 2. The van der Waals surface area contributed by atoms with Crippen LogP contribution in [0.25, 0.3) is 0 Å². The number of carbonyl (C=O) groups is 2. The van der Waals surface area contributed by atoms with Crippen LogP contribution < -0.4 is 10.6 Å². The molecule has 0 unspecified atom stereocenters. The van der Waals surface area contributed by atoms with Gasteiger partial charge in [-0.05, 0) is 18.4 Å². The lowest BCUT2D eigenvalue weighted by Gasteiger charge is -2.02. The third-order valence-corrected chi connectivity index (χ3v) is 4.47. The maximum atomic E-state index is 12.1. The fourth-order valence-corrected chi connectivity index (χ4v) is 2.99. The summed E-state index contributed by atoms with van der Waals surface area (Å²) in [6.07, 6.45) is 0. The molecule has 10 heteroatoms. The van der Waals surface area contributed by atoms with Crippen LogP contribution in [0.15, 0.2) is 23.6 Å². The monoisotopic (exact) mass is 348 g/mol. The predicted molar refractivity (Wildman–Crippen MR) is 88.1 cm³/mol. The van der Waals surface area contributed by atoms with Crippen LogP contribution >= 0.6 is 22.7 Å². The van der Waals surface area contributed by atoms with Crippen molar-refractivity contribution >= 4 is 45.4 Å². The van der Waals surface area contributed by atoms with Gasteiger partial charge in [0, 0.05) is 13.1 Å². The standard InChI is InChI=1S/C13H12N6O2S2/c1-7-16-17-13(23-7)15-11(20)8-6-10(19(2)18-8)14-12(21)9-4-3-5-22-9/h3-6H,1-2H3,(H,14,21)(H,15,17,20). The lowest BCUT2D eigenvalue weighted by Crippen LogP contribution is -2.13. The SMILES string of the molecule is Cc1nnc(NC(=O)c2cc(NC(=O)c3cccs3)n(C)n2)s1. The van der Waals surface area contributed by atoms with E-state index >= 15 is 0 Å². The zero-order valence-electron chi connectivity index (χ0n) is 12.2. The smallest absolute Gasteiger partial charge is 0.278 e. The fraction of sp³-hybridized carbons (Fsp3) is 0.154. The summed E-state index contributed by atoms with van der Waals surface area (Å²) in [4.78, 5) is 24.8. The normalized spacial score (nSPS) is 10.5. The van der Waals surface area contributed by atoms with Crippen LogP contribution in [0.2, 0.25) is 0 Å². The van der Waals surface area contributed by atoms with Crippen molar-refractivity contribution in [2.24, 2.45) is 7.05 Å². The summed E-state index contributed by atoms with van der Waals surface area (Å²) in [6.45, 7) is 1.80. The van der Waals surface area contributed by atoms with Crippen molar-refractivity contribution in [3.8, 4) is 0 Å². The number of rotatable bonds is 4. The van der Waals surface area contributed by atoms with Crippen molar-refractivity contribution in [2.75, 3.05) is 10.6 Å². The van der Waals surface area contributed by atoms with E-state index in [-0.39, 0.29) is 11.6 Å². The molecular formula is C13H12N6O2S2. The van der Waals surface area contributed by atoms with E-state index in [2.05, 4.69) is 25.9 Å². The van der Waals surface area contributed by atoms with Crippen LogP contribution in [-0.4, -0.2) is 31.8 Å². The molecule has 2 amide bonds. The summed E-state index contributed by atoms with van der Waals surface area (Å²) < 4.78 is 1.44. The number of carbonyl (C=O) groups excluding carboxylic acids is 2. The summed E-state index contributed by atoms with van der Waals surface area (Å²) in [7, 11) is 1.65. The Morgan fingerprint density at radius 3 is 2.70 bits per heavy atom. The first-order chi connectivity index (χ1) is 11.0. The first-order valence-corrected chi connectivity index (χ1v) is 8.23. The number of aryl methyl sites for hydroxylation is 2. The van der Waals surface area contributed by atoms with Crippen LogP contribution in [0, 0.1) is 6.92 Å². The molecule has 0 radical (unpaired) electrons. The molecule has 0 bridgehead atoms. The second kappa shape index (κ2) is 6.26. The number of nitrogens with one attached hydrogen (secondary N) is 2. The van der Waals surface area contributed by atoms with E-state index < -0.39 is 5.91 Å². The Labute approximate surface area is 139 Å². The molecule has 3 aromatic rings. The molecule has 0 saturated carbocycles. The van der Waals surface area contributed by atoms with Gasteiger partial charge < -0.3 is 5.32 Å². The third kappa shape index (κ3) is 3.43. The van der Waals surface area contributed by atoms with Crippen molar-refractivity contribution in [2.45, 2.75) is 6.92 Å². The molecule has 8 nitrogen and oxygen atoms in total. The second-order valence-electron chi connectivity index (χ2n) is 4.55. The van der Waals surface area contributed by atoms with Crippen molar-refractivity contribution in [3.63, 3.8) is 0 Å². The molecule has 3 heterocycles. The summed E-state index contributed by atoms with van der Waals surface area (Å²) in [6, 6.07) is 5.03. The first kappa shape index (κ1) is 15.3. The summed E-state index contributed by atoms with van der Waals surface area (Å²) in [5, 5.41) is 20.1. The van der Waals surface area contributed by atoms with E-state index in [1.165, 1.54) is 33.4 Å². The molecule has 0 aliphatic heterocycles. The van der Waals surface area contributed by atoms with E-state index in [0.717, 1.165) is 5.01 Å². The van der Waals surface area contributed by atoms with Crippen LogP contribution in [0.1, 0.15) is 25.2 Å². The highest BCUT2D eigenvalue weighted by molar-refractivity contribution is 7.15. The highest BCUT2D eigenvalue weighted by Gasteiger charge is 2.16. The van der Waals surface area contributed by atoms with E-state index in [1.807, 2.05) is 5.38 Å². The molecule has 0 aromatic carbocycles. The first-order valence-electron chi connectivity index (χ1n) is 6.53. The van der Waals surface area contributed by atoms with Gasteiger partial charge in [0.25, 0.3) is 11.8 Å². The molecule has 0 saturated heterocycles. The van der Waals surface area contributed by atoms with Crippen LogP contribution in [0.4, 0.5) is 10.9 Å². The average molecular weight is 348 g/mol. The Bertz CT molecular complexity index is 852. The number of thiophene rings is 1. The topological polar surface area (TPSA) is 102 Å². The van der Waals surface area contributed by atoms with Crippen molar-refractivity contribution in [1.29, 1.82) is 0 Å². The van der Waals surface area contributed by atoms with E-state index in [4.69, 9.17) is 0 Å². The van der Waals surface area contributed by atoms with Crippen molar-refractivity contribution in [3.05, 3.63) is 39.2 Å². The van der Waals surface area contributed by atoms with Gasteiger partial charge in [0.15, 0.2) is 5.69 Å². The lowest BCUT2D eigenvalue weighted by atomic mass is 10.4. The van der Waals surface area contributed by atoms with Gasteiger partial charge in [-0.1, -0.05) is 17.4 Å². The van der Waals surface area contributed by atoms with E-state index in [1.54, 1.807) is 26.1 Å². The Balaban J connectivity index is 1.72. The fourth-order valence-electron chi connectivity index (χ4n) is 1.79. The van der Waals surface area contributed by atoms with Gasteiger partial charge in [0.2, 0.25) is 5.13 Å². The lowest BCUT2D eigenvalue weighted by molar-refractivity contribution is 0.101. The summed E-state index contributed by atoms with van der Waals surface area (Å²) in [5.74, 6) is -0.218. The van der Waals surface area contributed by atoms with E-state index in [0.29, 0.717) is 15.8 Å². The average Bonchev–Trinajstić information content (AvgIpc) is 3.22. The van der Waals surface area contributed by atoms with Gasteiger partial charge in [-0.15, -0.1) is 21.5 Å². The zero-order valence-corrected chi connectivity index (χ0v) is 13.9. The van der Waals surface area contributed by atoms with Crippen molar-refractivity contribution in [1.82, 2.24) is 20.0 Å². The minimum Gasteiger partial charge on any atom is -0.306 e. The molecule has 0 aliphatic rings. The van der Waals surface area contributed by atoms with Gasteiger partial charge in [0.05, 0.1) is 4.88 Å². The summed E-state index contributed by atoms with van der Waals surface area (Å²) >= 11 is 2.61. The largest absolute Gasteiger partial charge is 0.306 e. The van der Waals surface area contributed by atoms with Gasteiger partial charge in [-0.2, -0.15) is 5.10 Å². The highest BCUT2D eigenvalue weighted by Crippen LogP contribution is 2.17. The molecule has 0 spiro atoms. The summed E-state index contributed by atoms with van der Waals surface area (Å²) in [5.41, 5.74) is 0.182. The minimum atomic E-state index is -0.409. The molecular weight excluding hydrogens is 336 g/mol. The molecule has 0 aliphatic carbocycles. The zero-order chi connectivity index (χ0) is 16.4. The number of hydrogen-bond acceptors (Lipinski definition) is 7. The number of aromatic nitrogens is 4. The Hall–Kier alpha value is -2.59. The Morgan fingerprint density at radius 1 is 1.22 bits per heavy atom. The number of hydrogen-bond donors (Lipinski definition) is 2. The maximum absolute atomic E-state index is 12.1. The Kier molecular flexibility index (Phi) is 4.17.